The highest BCUT2D eigenvalue weighted by Gasteiger charge is 2.67. The Morgan fingerprint density at radius 2 is 1.17 bits per heavy atom. The van der Waals surface area contributed by atoms with Crippen molar-refractivity contribution in [3.63, 3.8) is 0 Å². The Kier molecular flexibility index (Phi) is 8.94. The Morgan fingerprint density at radius 3 is 1.49 bits per heavy atom. The lowest BCUT2D eigenvalue weighted by Gasteiger charge is -2.44. The van der Waals surface area contributed by atoms with Gasteiger partial charge in [-0.25, -0.2) is 22.0 Å². The van der Waals surface area contributed by atoms with Crippen LogP contribution in [0.4, 0.5) is 74.6 Å². The number of morpholine rings is 1. The highest BCUT2D eigenvalue weighted by atomic mass is 19.4. The van der Waals surface area contributed by atoms with Crippen molar-refractivity contribution in [1.82, 2.24) is 4.90 Å². The van der Waals surface area contributed by atoms with Crippen molar-refractivity contribution in [2.24, 2.45) is 0 Å². The molecule has 0 spiro atoms. The van der Waals surface area contributed by atoms with Crippen LogP contribution in [0.3, 0.4) is 0 Å². The molecule has 6 unspecified atom stereocenters. The van der Waals surface area contributed by atoms with E-state index in [2.05, 4.69) is 9.47 Å². The molecule has 35 heavy (non-hydrogen) atoms. The van der Waals surface area contributed by atoms with E-state index in [1.165, 1.54) is 0 Å². The van der Waals surface area contributed by atoms with E-state index in [1.807, 2.05) is 0 Å². The first-order chi connectivity index (χ1) is 15.3. The van der Waals surface area contributed by atoms with Crippen LogP contribution in [0.2, 0.25) is 0 Å². The van der Waals surface area contributed by atoms with E-state index in [0.29, 0.717) is 0 Å². The molecule has 210 valence electrons. The van der Waals surface area contributed by atoms with Gasteiger partial charge in [-0.1, -0.05) is 0 Å². The van der Waals surface area contributed by atoms with Gasteiger partial charge in [-0.2, -0.15) is 52.7 Å². The predicted octanol–water partition coefficient (Wildman–Crippen LogP) is 5.69. The SMILES string of the molecule is CC(OCC(F)(C(F)N1CC(C(F)(F)F)OC(C(F)(F)F)C1)C(F)(F)F)C(F)(F)C(F)C(F)(F)F. The number of hydrogen-bond acceptors (Lipinski definition) is 3. The molecule has 1 aliphatic rings. The van der Waals surface area contributed by atoms with Gasteiger partial charge in [0, 0.05) is 13.1 Å². The van der Waals surface area contributed by atoms with E-state index in [0.717, 1.165) is 0 Å². The van der Waals surface area contributed by atoms with Crippen molar-refractivity contribution in [3.8, 4) is 0 Å². The van der Waals surface area contributed by atoms with Gasteiger partial charge in [-0.05, 0) is 6.92 Å². The molecule has 6 atom stereocenters. The minimum Gasteiger partial charge on any atom is -0.368 e. The zero-order valence-corrected chi connectivity index (χ0v) is 16.7. The molecule has 0 amide bonds. The van der Waals surface area contributed by atoms with Crippen LogP contribution >= 0.6 is 0 Å². The molecule has 1 aliphatic heterocycles. The highest BCUT2D eigenvalue weighted by Crippen LogP contribution is 2.44. The van der Waals surface area contributed by atoms with Gasteiger partial charge in [0.15, 0.2) is 18.5 Å². The van der Waals surface area contributed by atoms with Crippen molar-refractivity contribution >= 4 is 0 Å². The third kappa shape index (κ3) is 7.14. The minimum absolute atomic E-state index is 0.156. The van der Waals surface area contributed by atoms with Gasteiger partial charge in [0.1, 0.15) is 6.10 Å². The molecule has 3 nitrogen and oxygen atoms in total. The van der Waals surface area contributed by atoms with Gasteiger partial charge in [-0.3, -0.25) is 4.90 Å². The lowest BCUT2D eigenvalue weighted by molar-refractivity contribution is -0.333. The molecule has 1 fully saturated rings. The van der Waals surface area contributed by atoms with Gasteiger partial charge in [0.25, 0.3) is 11.8 Å². The molecule has 20 heteroatoms. The monoisotopic (exact) mass is 563 g/mol. The second-order valence-corrected chi connectivity index (χ2v) is 7.38. The molecule has 0 aromatic heterocycles. The average Bonchev–Trinajstić information content (AvgIpc) is 2.67. The molecular weight excluding hydrogens is 549 g/mol. The third-order valence-corrected chi connectivity index (χ3v) is 4.74. The standard InChI is InChI=1S/C15H14F17NO2/c1-5(11(19,20)8(16)14(27,28)29)34-4-10(18,15(30,31)32)9(17)33-2-6(12(21,22)23)35-7(3-33)13(24,25)26/h5-9H,2-4H2,1H3. The number of rotatable bonds is 7. The summed E-state index contributed by atoms with van der Waals surface area (Å²) < 4.78 is 230. The first kappa shape index (κ1) is 31.7. The molecular formula is C15H14F17NO2. The van der Waals surface area contributed by atoms with E-state index in [4.69, 9.17) is 0 Å². The Labute approximate surface area is 184 Å². The average molecular weight is 563 g/mol. The van der Waals surface area contributed by atoms with E-state index in [1.54, 1.807) is 0 Å². The van der Waals surface area contributed by atoms with Crippen LogP contribution in [-0.2, 0) is 9.47 Å². The first-order valence-electron chi connectivity index (χ1n) is 8.89. The van der Waals surface area contributed by atoms with Crippen LogP contribution in [0, 0.1) is 0 Å². The summed E-state index contributed by atoms with van der Waals surface area (Å²) in [7, 11) is 0. The van der Waals surface area contributed by atoms with E-state index in [9.17, 15) is 74.6 Å². The molecule has 0 N–H and O–H groups in total. The number of halogens is 17. The summed E-state index contributed by atoms with van der Waals surface area (Å²) in [5.41, 5.74) is -5.65. The number of hydrogen-bond donors (Lipinski definition) is 0. The van der Waals surface area contributed by atoms with Crippen LogP contribution < -0.4 is 0 Å². The second kappa shape index (κ2) is 9.86. The smallest absolute Gasteiger partial charge is 0.368 e. The van der Waals surface area contributed by atoms with Crippen LogP contribution in [0.1, 0.15) is 6.92 Å². The lowest BCUT2D eigenvalue weighted by atomic mass is 10.0. The quantitative estimate of drug-likeness (QED) is 0.294. The van der Waals surface area contributed by atoms with Gasteiger partial charge in [-0.15, -0.1) is 0 Å². The van der Waals surface area contributed by atoms with Crippen molar-refractivity contribution in [2.75, 3.05) is 19.7 Å². The Morgan fingerprint density at radius 1 is 0.771 bits per heavy atom. The van der Waals surface area contributed by atoms with Crippen molar-refractivity contribution < 1.29 is 84.1 Å². The number of alkyl halides is 17. The minimum atomic E-state index is -6.57. The zero-order chi connectivity index (χ0) is 28.0. The van der Waals surface area contributed by atoms with Crippen molar-refractivity contribution in [1.29, 1.82) is 0 Å². The molecule has 0 aromatic carbocycles. The Balaban J connectivity index is 3.25. The zero-order valence-electron chi connectivity index (χ0n) is 16.7. The second-order valence-electron chi connectivity index (χ2n) is 7.38. The molecule has 0 radical (unpaired) electrons. The molecule has 0 saturated carbocycles. The third-order valence-electron chi connectivity index (χ3n) is 4.74. The predicted molar refractivity (Wildman–Crippen MR) is 78.4 cm³/mol. The molecule has 1 rings (SSSR count). The topological polar surface area (TPSA) is 21.7 Å². The fourth-order valence-electron chi connectivity index (χ4n) is 2.69. The summed E-state index contributed by atoms with van der Waals surface area (Å²) in [6.45, 7) is -7.38. The van der Waals surface area contributed by atoms with Gasteiger partial charge >= 0.3 is 30.6 Å². The molecule has 0 aromatic rings. The summed E-state index contributed by atoms with van der Waals surface area (Å²) >= 11 is 0. The highest BCUT2D eigenvalue weighted by molar-refractivity contribution is 4.99. The normalized spacial score (nSPS) is 26.2. The first-order valence-corrected chi connectivity index (χ1v) is 8.89. The molecule has 0 aliphatic carbocycles. The van der Waals surface area contributed by atoms with Crippen LogP contribution in [0.15, 0.2) is 0 Å². The maximum Gasteiger partial charge on any atom is 0.429 e. The summed E-state index contributed by atoms with van der Waals surface area (Å²) in [6, 6.07) is 0. The Bertz CT molecular complexity index is 680. The number of ether oxygens (including phenoxy) is 2. The Hall–Kier alpha value is -1.31. The van der Waals surface area contributed by atoms with Gasteiger partial charge < -0.3 is 9.47 Å². The fraction of sp³-hybridized carbons (Fsp3) is 1.00. The summed E-state index contributed by atoms with van der Waals surface area (Å²) in [5, 5.41) is 0. The maximum absolute atomic E-state index is 14.7. The van der Waals surface area contributed by atoms with Crippen LogP contribution in [-0.4, -0.2) is 91.7 Å². The lowest BCUT2D eigenvalue weighted by Crippen LogP contribution is -2.66. The summed E-state index contributed by atoms with van der Waals surface area (Å²) in [5.74, 6) is -5.65. The van der Waals surface area contributed by atoms with E-state index < -0.39 is 91.7 Å². The largest absolute Gasteiger partial charge is 0.429 e. The maximum atomic E-state index is 14.7. The van der Waals surface area contributed by atoms with Gasteiger partial charge in [0.05, 0.1) is 6.61 Å². The number of nitrogens with zero attached hydrogens (tertiary/aromatic N) is 1. The molecule has 1 saturated heterocycles. The van der Waals surface area contributed by atoms with Crippen LogP contribution in [0.5, 0.6) is 0 Å². The van der Waals surface area contributed by atoms with E-state index in [-0.39, 0.29) is 6.92 Å². The summed E-state index contributed by atoms with van der Waals surface area (Å²) in [6.07, 6.45) is -44.4. The van der Waals surface area contributed by atoms with E-state index >= 15 is 0 Å². The summed E-state index contributed by atoms with van der Waals surface area (Å²) in [4.78, 5) is -0.923. The van der Waals surface area contributed by atoms with Crippen molar-refractivity contribution in [2.45, 2.75) is 74.0 Å². The van der Waals surface area contributed by atoms with Gasteiger partial charge in [0.2, 0.25) is 0 Å². The van der Waals surface area contributed by atoms with Crippen LogP contribution in [0.25, 0.3) is 0 Å². The fourth-order valence-corrected chi connectivity index (χ4v) is 2.69. The van der Waals surface area contributed by atoms with Crippen molar-refractivity contribution in [3.05, 3.63) is 0 Å². The molecule has 0 bridgehead atoms. The molecule has 1 heterocycles.